The van der Waals surface area contributed by atoms with E-state index in [4.69, 9.17) is 10.5 Å². The predicted octanol–water partition coefficient (Wildman–Crippen LogP) is 1.10. The van der Waals surface area contributed by atoms with Gasteiger partial charge in [-0.15, -0.1) is 11.3 Å². The van der Waals surface area contributed by atoms with Crippen LogP contribution in [0.15, 0.2) is 12.1 Å². The van der Waals surface area contributed by atoms with Gasteiger partial charge in [-0.2, -0.15) is 0 Å². The molecule has 1 amide bonds. The monoisotopic (exact) mass is 278 g/mol. The van der Waals surface area contributed by atoms with Gasteiger partial charge in [-0.05, 0) is 24.5 Å². The molecule has 2 rings (SSSR count). The highest BCUT2D eigenvalue weighted by atomic mass is 32.1. The topological polar surface area (TPSA) is 64.3 Å². The van der Waals surface area contributed by atoms with Gasteiger partial charge in [0.15, 0.2) is 0 Å². The summed E-state index contributed by atoms with van der Waals surface area (Å²) in [6.07, 6.45) is 0.659. The highest BCUT2D eigenvalue weighted by Crippen LogP contribution is 2.20. The predicted molar refractivity (Wildman–Crippen MR) is 75.6 cm³/mol. The van der Waals surface area contributed by atoms with E-state index < -0.39 is 0 Å². The minimum atomic E-state index is -0.295. The van der Waals surface area contributed by atoms with Gasteiger partial charge in [0.25, 0.3) is 0 Å². The van der Waals surface area contributed by atoms with Gasteiger partial charge >= 0.3 is 0 Å². The molecule has 1 aliphatic heterocycles. The van der Waals surface area contributed by atoms with E-state index in [1.54, 1.807) is 11.3 Å². The maximum atomic E-state index is 11.9. The molecule has 5 heteroatoms. The van der Waals surface area contributed by atoms with Gasteiger partial charge in [-0.25, -0.2) is 0 Å². The van der Waals surface area contributed by atoms with Gasteiger partial charge in [-0.1, -0.05) is 18.8 Å². The highest BCUT2D eigenvalue weighted by molar-refractivity contribution is 7.12. The summed E-state index contributed by atoms with van der Waals surface area (Å²) in [5.74, 6) is 6.07. The molecule has 1 fully saturated rings. The molecule has 2 atom stereocenters. The maximum Gasteiger partial charge on any atom is 0.249 e. The normalized spacial score (nSPS) is 21.8. The Morgan fingerprint density at radius 1 is 1.63 bits per heavy atom. The van der Waals surface area contributed by atoms with Crippen molar-refractivity contribution in [2.24, 2.45) is 11.7 Å². The van der Waals surface area contributed by atoms with Gasteiger partial charge in [0.1, 0.15) is 6.10 Å². The number of hydrogen-bond acceptors (Lipinski definition) is 4. The lowest BCUT2D eigenvalue weighted by Gasteiger charge is -2.13. The van der Waals surface area contributed by atoms with Crippen LogP contribution in [-0.4, -0.2) is 25.2 Å². The Morgan fingerprint density at radius 3 is 3.16 bits per heavy atom. The number of nitrogens with one attached hydrogen (secondary N) is 1. The molecule has 4 nitrogen and oxygen atoms in total. The summed E-state index contributed by atoms with van der Waals surface area (Å²) >= 11 is 1.57. The van der Waals surface area contributed by atoms with Gasteiger partial charge in [0, 0.05) is 11.5 Å². The second-order valence-corrected chi connectivity index (χ2v) is 5.72. The van der Waals surface area contributed by atoms with E-state index in [9.17, 15) is 4.79 Å². The average Bonchev–Trinajstić information content (AvgIpc) is 3.02. The van der Waals surface area contributed by atoms with E-state index >= 15 is 0 Å². The molecule has 1 aliphatic rings. The second-order valence-electron chi connectivity index (χ2n) is 4.55. The van der Waals surface area contributed by atoms with Crippen LogP contribution in [-0.2, 0) is 16.1 Å². The quantitative estimate of drug-likeness (QED) is 0.814. The Balaban J connectivity index is 1.85. The molecule has 0 aromatic carbocycles. The number of hydrogen-bond donors (Lipinski definition) is 2. The number of ether oxygens (including phenoxy) is 1. The maximum absolute atomic E-state index is 11.9. The van der Waals surface area contributed by atoms with Crippen molar-refractivity contribution in [3.63, 3.8) is 0 Å². The van der Waals surface area contributed by atoms with Gasteiger partial charge < -0.3 is 15.8 Å². The highest BCUT2D eigenvalue weighted by Gasteiger charge is 2.30. The van der Waals surface area contributed by atoms with Crippen LogP contribution >= 0.6 is 11.3 Å². The number of amides is 1. The van der Waals surface area contributed by atoms with E-state index in [0.29, 0.717) is 25.6 Å². The number of carbonyl (C=O) groups is 1. The first kappa shape index (κ1) is 14.1. The van der Waals surface area contributed by atoms with Crippen LogP contribution < -0.4 is 11.1 Å². The average molecular weight is 278 g/mol. The number of thiophene rings is 1. The van der Waals surface area contributed by atoms with Crippen LogP contribution in [0.25, 0.3) is 0 Å². The molecule has 1 aromatic heterocycles. The Bertz CT molecular complexity index is 501. The first-order valence-corrected chi connectivity index (χ1v) is 7.19. The zero-order chi connectivity index (χ0) is 13.7. The van der Waals surface area contributed by atoms with Gasteiger partial charge in [0.05, 0.1) is 18.0 Å². The second kappa shape index (κ2) is 6.71. The number of carbonyl (C=O) groups excluding carboxylic acids is 1. The third kappa shape index (κ3) is 3.80. The minimum Gasteiger partial charge on any atom is -0.368 e. The molecule has 0 saturated carbocycles. The molecule has 3 N–H and O–H groups in total. The first-order chi connectivity index (χ1) is 9.20. The molecule has 0 radical (unpaired) electrons. The molecule has 2 heterocycles. The van der Waals surface area contributed by atoms with E-state index in [-0.39, 0.29) is 12.0 Å². The molecule has 0 aliphatic carbocycles. The molecule has 2 unspecified atom stereocenters. The summed E-state index contributed by atoms with van der Waals surface area (Å²) in [4.78, 5) is 14.0. The van der Waals surface area contributed by atoms with Crippen molar-refractivity contribution in [1.82, 2.24) is 5.32 Å². The molecular formula is C14H18N2O2S. The summed E-state index contributed by atoms with van der Waals surface area (Å²) in [5.41, 5.74) is 5.32. The van der Waals surface area contributed by atoms with E-state index in [2.05, 4.69) is 17.2 Å². The van der Waals surface area contributed by atoms with Crippen molar-refractivity contribution in [3.8, 4) is 11.8 Å². The third-order valence-electron chi connectivity index (χ3n) is 3.06. The van der Waals surface area contributed by atoms with Crippen LogP contribution in [0.1, 0.15) is 23.1 Å². The molecule has 102 valence electrons. The van der Waals surface area contributed by atoms with E-state index in [1.165, 1.54) is 0 Å². The SMILES string of the molecule is CC1CCOC1C(=O)NCc1ccc(C#CCN)s1. The zero-order valence-corrected chi connectivity index (χ0v) is 11.8. The lowest BCUT2D eigenvalue weighted by molar-refractivity contribution is -0.131. The van der Waals surface area contributed by atoms with E-state index in [1.807, 2.05) is 19.1 Å². The summed E-state index contributed by atoms with van der Waals surface area (Å²) in [5, 5.41) is 2.91. The van der Waals surface area contributed by atoms with Crippen molar-refractivity contribution in [2.45, 2.75) is 26.0 Å². The minimum absolute atomic E-state index is 0.0204. The third-order valence-corrected chi connectivity index (χ3v) is 4.06. The number of rotatable bonds is 3. The van der Waals surface area contributed by atoms with Gasteiger partial charge in [0.2, 0.25) is 5.91 Å². The first-order valence-electron chi connectivity index (χ1n) is 6.37. The fourth-order valence-corrected chi connectivity index (χ4v) is 2.81. The van der Waals surface area contributed by atoms with E-state index in [0.717, 1.165) is 16.2 Å². The molecule has 1 saturated heterocycles. The Hall–Kier alpha value is -1.35. The smallest absolute Gasteiger partial charge is 0.249 e. The Kier molecular flexibility index (Phi) is 4.97. The van der Waals surface area contributed by atoms with Crippen molar-refractivity contribution >= 4 is 17.2 Å². The van der Waals surface area contributed by atoms with Crippen LogP contribution in [0, 0.1) is 17.8 Å². The zero-order valence-electron chi connectivity index (χ0n) is 10.9. The Labute approximate surface area is 117 Å². The summed E-state index contributed by atoms with van der Waals surface area (Å²) < 4.78 is 5.43. The summed E-state index contributed by atoms with van der Waals surface area (Å²) in [6.45, 7) is 3.61. The van der Waals surface area contributed by atoms with Gasteiger partial charge in [-0.3, -0.25) is 4.79 Å². The van der Waals surface area contributed by atoms with Crippen molar-refractivity contribution in [3.05, 3.63) is 21.9 Å². The van der Waals surface area contributed by atoms with Crippen LogP contribution in [0.5, 0.6) is 0 Å². The fourth-order valence-electron chi connectivity index (χ4n) is 1.98. The molecular weight excluding hydrogens is 260 g/mol. The molecule has 19 heavy (non-hydrogen) atoms. The number of nitrogens with two attached hydrogens (primary N) is 1. The van der Waals surface area contributed by atoms with Crippen LogP contribution in [0.4, 0.5) is 0 Å². The van der Waals surface area contributed by atoms with Crippen LogP contribution in [0.2, 0.25) is 0 Å². The standard InChI is InChI=1S/C14H18N2O2S/c1-10-6-8-18-13(10)14(17)16-9-12-5-4-11(19-12)3-2-7-15/h4-5,10,13H,6-9,15H2,1H3,(H,16,17). The lowest BCUT2D eigenvalue weighted by atomic mass is 10.0. The molecule has 0 bridgehead atoms. The largest absolute Gasteiger partial charge is 0.368 e. The summed E-state index contributed by atoms with van der Waals surface area (Å²) in [6, 6.07) is 3.92. The summed E-state index contributed by atoms with van der Waals surface area (Å²) in [7, 11) is 0. The van der Waals surface area contributed by atoms with Crippen molar-refractivity contribution in [2.75, 3.05) is 13.2 Å². The Morgan fingerprint density at radius 2 is 2.47 bits per heavy atom. The molecule has 0 spiro atoms. The van der Waals surface area contributed by atoms with Crippen molar-refractivity contribution in [1.29, 1.82) is 0 Å². The van der Waals surface area contributed by atoms with Crippen LogP contribution in [0.3, 0.4) is 0 Å². The fraction of sp³-hybridized carbons (Fsp3) is 0.500. The van der Waals surface area contributed by atoms with Crippen molar-refractivity contribution < 1.29 is 9.53 Å². The molecule has 1 aromatic rings. The lowest BCUT2D eigenvalue weighted by Crippen LogP contribution is -2.36.